The molecule has 38 valence electrons. The van der Waals surface area contributed by atoms with Crippen LogP contribution in [0.25, 0.3) is 0 Å². The van der Waals surface area contributed by atoms with E-state index in [1.165, 1.54) is 0 Å². The second kappa shape index (κ2) is 2.00. The maximum Gasteiger partial charge on any atom is 0.127 e. The first-order valence-electron chi connectivity index (χ1n) is 1.97. The molecule has 0 aromatic carbocycles. The largest absolute Gasteiger partial charge is 0.288 e. The number of nitrogens with one attached hydrogen (secondary N) is 1. The third-order valence-corrected chi connectivity index (χ3v) is 3.02. The maximum atomic E-state index is 3.91. The Balaban J connectivity index is 3.17. The molecule has 0 spiro atoms. The molecule has 0 aromatic rings. The van der Waals surface area contributed by atoms with Crippen LogP contribution in [0.4, 0.5) is 0 Å². The normalized spacial score (nSPS) is 12.0. The molecule has 0 aromatic heterocycles. The van der Waals surface area contributed by atoms with Gasteiger partial charge in [-0.25, -0.2) is 0 Å². The second-order valence-electron chi connectivity index (χ2n) is 2.36. The smallest absolute Gasteiger partial charge is 0.127 e. The number of rotatable bonds is 1. The van der Waals surface area contributed by atoms with Crippen LogP contribution < -0.4 is 4.39 Å². The van der Waals surface area contributed by atoms with Crippen LogP contribution in [-0.4, -0.2) is 8.24 Å². The van der Waals surface area contributed by atoms with Crippen molar-refractivity contribution < 1.29 is 0 Å². The zero-order chi connectivity index (χ0) is 5.21. The van der Waals surface area contributed by atoms with Crippen molar-refractivity contribution in [3.05, 3.63) is 0 Å². The lowest BCUT2D eigenvalue weighted by Gasteiger charge is -2.10. The minimum Gasteiger partial charge on any atom is -0.288 e. The third-order valence-electron chi connectivity index (χ3n) is 0.335. The van der Waals surface area contributed by atoms with Crippen molar-refractivity contribution in [3.63, 3.8) is 0 Å². The van der Waals surface area contributed by atoms with Crippen molar-refractivity contribution in [1.29, 1.82) is 0 Å². The summed E-state index contributed by atoms with van der Waals surface area (Å²) in [7, 11) is -1.02. The van der Waals surface area contributed by atoms with Crippen LogP contribution in [0.15, 0.2) is 0 Å². The van der Waals surface area contributed by atoms with Crippen LogP contribution in [0.2, 0.25) is 19.6 Å². The van der Waals surface area contributed by atoms with Crippen LogP contribution in [0.5, 0.6) is 0 Å². The van der Waals surface area contributed by atoms with Gasteiger partial charge in [-0.3, -0.25) is 4.39 Å². The van der Waals surface area contributed by atoms with Crippen molar-refractivity contribution in [2.75, 3.05) is 0 Å². The van der Waals surface area contributed by atoms with E-state index < -0.39 is 8.24 Å². The summed E-state index contributed by atoms with van der Waals surface area (Å²) in [6, 6.07) is 0. The van der Waals surface area contributed by atoms with Gasteiger partial charge in [-0.15, -0.1) is 12.8 Å². The Bertz CT molecular complexity index is 40.5. The fraction of sp³-hybridized carbons (Fsp3) is 1.00. The Morgan fingerprint density at radius 1 is 1.33 bits per heavy atom. The molecule has 0 aliphatic heterocycles. The molecule has 1 nitrogen and oxygen atoms in total. The molecule has 0 saturated carbocycles. The topological polar surface area (TPSA) is 12.0 Å². The predicted octanol–water partition coefficient (Wildman–Crippen LogP) is 1.26. The minimum atomic E-state index is -1.02. The zero-order valence-corrected chi connectivity index (χ0v) is 6.34. The molecule has 0 unspecified atom stereocenters. The molecule has 0 rings (SSSR count). The van der Waals surface area contributed by atoms with Gasteiger partial charge in [-0.1, -0.05) is 19.6 Å². The van der Waals surface area contributed by atoms with Crippen LogP contribution in [0, 0.1) is 0 Å². The van der Waals surface area contributed by atoms with Crippen LogP contribution >= 0.6 is 12.8 Å². The van der Waals surface area contributed by atoms with E-state index >= 15 is 0 Å². The third kappa shape index (κ3) is 4.53. The van der Waals surface area contributed by atoms with Crippen molar-refractivity contribution >= 4 is 21.1 Å². The van der Waals surface area contributed by atoms with E-state index in [9.17, 15) is 0 Å². The Kier molecular flexibility index (Phi) is 2.17. The van der Waals surface area contributed by atoms with Gasteiger partial charge in [0.15, 0.2) is 0 Å². The molecule has 0 atom stereocenters. The highest BCUT2D eigenvalue weighted by Gasteiger charge is 2.07. The lowest BCUT2D eigenvalue weighted by molar-refractivity contribution is 1.47. The van der Waals surface area contributed by atoms with Gasteiger partial charge in [0.05, 0.1) is 0 Å². The summed E-state index contributed by atoms with van der Waals surface area (Å²) in [4.78, 5) is 0. The fourth-order valence-corrected chi connectivity index (χ4v) is 0. The molecule has 0 radical (unpaired) electrons. The van der Waals surface area contributed by atoms with E-state index in [-0.39, 0.29) is 0 Å². The van der Waals surface area contributed by atoms with Gasteiger partial charge in [-0.05, 0) is 0 Å². The highest BCUT2D eigenvalue weighted by molar-refractivity contribution is 7.79. The fourth-order valence-electron chi connectivity index (χ4n) is 0. The molecule has 0 bridgehead atoms. The Labute approximate surface area is 45.8 Å². The molecule has 0 aliphatic rings. The van der Waals surface area contributed by atoms with Crippen LogP contribution in [0.3, 0.4) is 0 Å². The Morgan fingerprint density at radius 3 is 1.50 bits per heavy atom. The minimum absolute atomic E-state index is 1.02. The number of hydrogen-bond donors (Lipinski definition) is 2. The summed E-state index contributed by atoms with van der Waals surface area (Å²) >= 11 is 3.91. The van der Waals surface area contributed by atoms with E-state index in [1.807, 2.05) is 0 Å². The van der Waals surface area contributed by atoms with E-state index in [0.29, 0.717) is 0 Å². The van der Waals surface area contributed by atoms with E-state index in [4.69, 9.17) is 0 Å². The first-order valence-corrected chi connectivity index (χ1v) is 5.92. The van der Waals surface area contributed by atoms with Gasteiger partial charge in [-0.2, -0.15) is 0 Å². The van der Waals surface area contributed by atoms with E-state index in [2.05, 4.69) is 36.8 Å². The van der Waals surface area contributed by atoms with Crippen LogP contribution in [-0.2, 0) is 0 Å². The molecule has 6 heavy (non-hydrogen) atoms. The monoisotopic (exact) mass is 121 g/mol. The average Bonchev–Trinajstić information content (AvgIpc) is 1.35. The van der Waals surface area contributed by atoms with Gasteiger partial charge in [0.25, 0.3) is 0 Å². The lowest BCUT2D eigenvalue weighted by atomic mass is 11.8. The van der Waals surface area contributed by atoms with Gasteiger partial charge in [0, 0.05) is 0 Å². The average molecular weight is 121 g/mol. The Hall–Kier alpha value is 0.527. The summed E-state index contributed by atoms with van der Waals surface area (Å²) < 4.78 is 2.94. The lowest BCUT2D eigenvalue weighted by Crippen LogP contribution is -2.33. The van der Waals surface area contributed by atoms with Gasteiger partial charge in [0.1, 0.15) is 8.24 Å². The molecule has 0 amide bonds. The first-order chi connectivity index (χ1) is 2.56. The summed E-state index contributed by atoms with van der Waals surface area (Å²) in [6.45, 7) is 6.58. The predicted molar refractivity (Wildman–Crippen MR) is 35.5 cm³/mol. The van der Waals surface area contributed by atoms with Crippen molar-refractivity contribution in [3.8, 4) is 0 Å². The van der Waals surface area contributed by atoms with Gasteiger partial charge in [0.2, 0.25) is 0 Å². The van der Waals surface area contributed by atoms with Gasteiger partial charge < -0.3 is 0 Å². The zero-order valence-electron chi connectivity index (χ0n) is 4.45. The van der Waals surface area contributed by atoms with Crippen LogP contribution in [0.1, 0.15) is 0 Å². The SMILES string of the molecule is C[Si](C)(C)NS. The van der Waals surface area contributed by atoms with Gasteiger partial charge >= 0.3 is 0 Å². The molecule has 0 saturated heterocycles. The van der Waals surface area contributed by atoms with Crippen molar-refractivity contribution in [2.45, 2.75) is 19.6 Å². The standard InChI is InChI=1S/C3H11NSSi/c1-6(2,3)4-5/h4-5H,1-3H3. The number of hydrogen-bond acceptors (Lipinski definition) is 2. The molecule has 3 heteroatoms. The molecule has 0 heterocycles. The quantitative estimate of drug-likeness (QED) is 0.393. The first kappa shape index (κ1) is 6.53. The number of thiol groups is 1. The van der Waals surface area contributed by atoms with E-state index in [1.54, 1.807) is 0 Å². The molecule has 1 N–H and O–H groups in total. The highest BCUT2D eigenvalue weighted by Crippen LogP contribution is 1.92. The van der Waals surface area contributed by atoms with Crippen molar-refractivity contribution in [2.24, 2.45) is 0 Å². The molecular weight excluding hydrogens is 110 g/mol. The summed E-state index contributed by atoms with van der Waals surface area (Å²) in [5, 5.41) is 0. The summed E-state index contributed by atoms with van der Waals surface area (Å²) in [6.07, 6.45) is 0. The molecule has 0 fully saturated rings. The van der Waals surface area contributed by atoms with Crippen molar-refractivity contribution in [1.82, 2.24) is 4.39 Å². The molecular formula is C3H11NSSi. The van der Waals surface area contributed by atoms with E-state index in [0.717, 1.165) is 0 Å². The maximum absolute atomic E-state index is 3.91. The summed E-state index contributed by atoms with van der Waals surface area (Å²) in [5.74, 6) is 0. The Morgan fingerprint density at radius 2 is 1.50 bits per heavy atom. The summed E-state index contributed by atoms with van der Waals surface area (Å²) in [5.41, 5.74) is 0. The second-order valence-corrected chi connectivity index (χ2v) is 7.76. The highest BCUT2D eigenvalue weighted by atomic mass is 32.1. The molecule has 0 aliphatic carbocycles.